The van der Waals surface area contributed by atoms with E-state index in [0.29, 0.717) is 6.54 Å². The molecule has 2 atom stereocenters. The largest absolute Gasteiger partial charge is 0.496 e. The lowest BCUT2D eigenvalue weighted by Crippen LogP contribution is -2.28. The minimum absolute atomic E-state index is 0.138. The Kier molecular flexibility index (Phi) is 4.96. The van der Waals surface area contributed by atoms with E-state index in [1.165, 1.54) is 0 Å². The third-order valence-corrected chi connectivity index (χ3v) is 5.77. The molecular weight excluding hydrogens is 352 g/mol. The number of benzene rings is 2. The van der Waals surface area contributed by atoms with Gasteiger partial charge < -0.3 is 14.7 Å². The molecule has 3 rings (SSSR count). The predicted octanol–water partition coefficient (Wildman–Crippen LogP) is 2.35. The van der Waals surface area contributed by atoms with Gasteiger partial charge in [-0.1, -0.05) is 6.07 Å². The van der Waals surface area contributed by atoms with E-state index in [1.807, 2.05) is 24.3 Å². The molecule has 6 nitrogen and oxygen atoms in total. The third kappa shape index (κ3) is 3.56. The van der Waals surface area contributed by atoms with Crippen LogP contribution in [0.1, 0.15) is 36.6 Å². The zero-order valence-corrected chi connectivity index (χ0v) is 16.0. The van der Waals surface area contributed by atoms with Crippen LogP contribution in [-0.4, -0.2) is 26.7 Å². The molecule has 0 saturated carbocycles. The van der Waals surface area contributed by atoms with Gasteiger partial charge in [0.05, 0.1) is 18.1 Å². The summed E-state index contributed by atoms with van der Waals surface area (Å²) in [7, 11) is -2.08. The Labute approximate surface area is 154 Å². The highest BCUT2D eigenvalue weighted by atomic mass is 32.2. The maximum Gasteiger partial charge on any atom is 0.238 e. The zero-order valence-electron chi connectivity index (χ0n) is 15.1. The van der Waals surface area contributed by atoms with E-state index in [1.54, 1.807) is 26.2 Å². The first-order valence-electron chi connectivity index (χ1n) is 8.48. The SMILES string of the molecule is COc1ccc([C@H](C)O)cc1CN1c2ccc(S(N)(=O)=O)cc2C[C@H]1C. The van der Waals surface area contributed by atoms with Gasteiger partial charge in [0.25, 0.3) is 0 Å². The van der Waals surface area contributed by atoms with Crippen molar-refractivity contribution in [1.82, 2.24) is 0 Å². The fraction of sp³-hybridized carbons (Fsp3) is 0.368. The van der Waals surface area contributed by atoms with Crippen molar-refractivity contribution in [2.24, 2.45) is 5.14 Å². The second-order valence-electron chi connectivity index (χ2n) is 6.76. The van der Waals surface area contributed by atoms with Gasteiger partial charge in [-0.05, 0) is 61.7 Å². The van der Waals surface area contributed by atoms with Crippen LogP contribution < -0.4 is 14.8 Å². The summed E-state index contributed by atoms with van der Waals surface area (Å²) < 4.78 is 28.7. The predicted molar refractivity (Wildman–Crippen MR) is 101 cm³/mol. The number of primary sulfonamides is 1. The number of sulfonamides is 1. The van der Waals surface area contributed by atoms with E-state index in [2.05, 4.69) is 11.8 Å². The summed E-state index contributed by atoms with van der Waals surface area (Å²) in [5.41, 5.74) is 3.77. The lowest BCUT2D eigenvalue weighted by molar-refractivity contribution is 0.199. The highest BCUT2D eigenvalue weighted by Gasteiger charge is 2.28. The minimum atomic E-state index is -3.71. The molecule has 1 heterocycles. The van der Waals surface area contributed by atoms with E-state index in [9.17, 15) is 13.5 Å². The molecule has 1 aliphatic heterocycles. The molecule has 3 N–H and O–H groups in total. The molecule has 0 spiro atoms. The van der Waals surface area contributed by atoms with Crippen molar-refractivity contribution >= 4 is 15.7 Å². The Morgan fingerprint density at radius 3 is 2.65 bits per heavy atom. The average Bonchev–Trinajstić information content (AvgIpc) is 2.89. The first-order valence-corrected chi connectivity index (χ1v) is 10.0. The first-order chi connectivity index (χ1) is 12.2. The van der Waals surface area contributed by atoms with Gasteiger partial charge in [-0.2, -0.15) is 0 Å². The first kappa shape index (κ1) is 18.7. The zero-order chi connectivity index (χ0) is 19.1. The molecule has 0 unspecified atom stereocenters. The lowest BCUT2D eigenvalue weighted by atomic mass is 10.1. The van der Waals surface area contributed by atoms with E-state index in [0.717, 1.165) is 34.5 Å². The molecule has 0 amide bonds. The van der Waals surface area contributed by atoms with Crippen molar-refractivity contribution in [2.75, 3.05) is 12.0 Å². The number of ether oxygens (including phenoxy) is 1. The molecule has 0 radical (unpaired) electrons. The highest BCUT2D eigenvalue weighted by Crippen LogP contribution is 2.36. The summed E-state index contributed by atoms with van der Waals surface area (Å²) >= 11 is 0. The Bertz CT molecular complexity index is 925. The van der Waals surface area contributed by atoms with Gasteiger partial charge in [0.15, 0.2) is 0 Å². The summed E-state index contributed by atoms with van der Waals surface area (Å²) in [6, 6.07) is 10.9. The summed E-state index contributed by atoms with van der Waals surface area (Å²) in [5.74, 6) is 0.760. The van der Waals surface area contributed by atoms with Crippen LogP contribution in [0.2, 0.25) is 0 Å². The van der Waals surface area contributed by atoms with E-state index >= 15 is 0 Å². The van der Waals surface area contributed by atoms with Gasteiger partial charge in [0, 0.05) is 23.8 Å². The van der Waals surface area contributed by atoms with Crippen molar-refractivity contribution in [3.05, 3.63) is 53.1 Å². The van der Waals surface area contributed by atoms with E-state index in [4.69, 9.17) is 9.88 Å². The molecular formula is C19H24N2O4S. The number of nitrogens with zero attached hydrogens (tertiary/aromatic N) is 1. The molecule has 140 valence electrons. The minimum Gasteiger partial charge on any atom is -0.496 e. The fourth-order valence-electron chi connectivity index (χ4n) is 3.45. The number of rotatable bonds is 5. The van der Waals surface area contributed by atoms with Crippen LogP contribution in [-0.2, 0) is 23.0 Å². The summed E-state index contributed by atoms with van der Waals surface area (Å²) in [5, 5.41) is 15.1. The maximum absolute atomic E-state index is 11.6. The molecule has 26 heavy (non-hydrogen) atoms. The number of methoxy groups -OCH3 is 1. The molecule has 7 heteroatoms. The Morgan fingerprint density at radius 2 is 2.04 bits per heavy atom. The summed E-state index contributed by atoms with van der Waals surface area (Å²) in [6.45, 7) is 4.43. The van der Waals surface area contributed by atoms with Crippen LogP contribution in [0.25, 0.3) is 0 Å². The Balaban J connectivity index is 1.96. The summed E-state index contributed by atoms with van der Waals surface area (Å²) in [4.78, 5) is 2.35. The normalized spacial score (nSPS) is 17.9. The molecule has 2 aromatic carbocycles. The molecule has 1 aliphatic rings. The Hall–Kier alpha value is -2.09. The van der Waals surface area contributed by atoms with Crippen molar-refractivity contribution in [2.45, 2.75) is 43.9 Å². The quantitative estimate of drug-likeness (QED) is 0.836. The topological polar surface area (TPSA) is 92.9 Å². The molecule has 0 aromatic heterocycles. The standard InChI is InChI=1S/C19H24N2O4S/c1-12-8-15-10-17(26(20,23)24)5-6-18(15)21(12)11-16-9-14(13(2)22)4-7-19(16)25-3/h4-7,9-10,12-13,22H,8,11H2,1-3H3,(H2,20,23,24)/t12-,13+/m1/s1. The van der Waals surface area contributed by atoms with Gasteiger partial charge in [-0.3, -0.25) is 0 Å². The van der Waals surface area contributed by atoms with Gasteiger partial charge in [0.2, 0.25) is 10.0 Å². The molecule has 0 bridgehead atoms. The average molecular weight is 376 g/mol. The van der Waals surface area contributed by atoms with Gasteiger partial charge in [-0.15, -0.1) is 0 Å². The number of anilines is 1. The number of hydrogen-bond acceptors (Lipinski definition) is 5. The van der Waals surface area contributed by atoms with Crippen molar-refractivity contribution in [3.8, 4) is 5.75 Å². The van der Waals surface area contributed by atoms with Crippen LogP contribution in [0.3, 0.4) is 0 Å². The number of fused-ring (bicyclic) bond motifs is 1. The van der Waals surface area contributed by atoms with E-state index in [-0.39, 0.29) is 10.9 Å². The smallest absolute Gasteiger partial charge is 0.238 e. The van der Waals surface area contributed by atoms with E-state index < -0.39 is 16.1 Å². The molecule has 2 aromatic rings. The van der Waals surface area contributed by atoms with Gasteiger partial charge in [0.1, 0.15) is 5.75 Å². The maximum atomic E-state index is 11.6. The Morgan fingerprint density at radius 1 is 1.31 bits per heavy atom. The fourth-order valence-corrected chi connectivity index (χ4v) is 4.02. The van der Waals surface area contributed by atoms with Crippen LogP contribution in [0.5, 0.6) is 5.75 Å². The van der Waals surface area contributed by atoms with Crippen LogP contribution in [0, 0.1) is 0 Å². The van der Waals surface area contributed by atoms with Crippen LogP contribution >= 0.6 is 0 Å². The van der Waals surface area contributed by atoms with Crippen molar-refractivity contribution in [3.63, 3.8) is 0 Å². The van der Waals surface area contributed by atoms with Crippen molar-refractivity contribution < 1.29 is 18.3 Å². The second kappa shape index (κ2) is 6.90. The number of aliphatic hydroxyl groups is 1. The molecule has 0 fully saturated rings. The second-order valence-corrected chi connectivity index (χ2v) is 8.33. The van der Waals surface area contributed by atoms with Crippen molar-refractivity contribution in [1.29, 1.82) is 0 Å². The number of hydrogen-bond donors (Lipinski definition) is 2. The highest BCUT2D eigenvalue weighted by molar-refractivity contribution is 7.89. The van der Waals surface area contributed by atoms with Gasteiger partial charge in [-0.25, -0.2) is 13.6 Å². The monoisotopic (exact) mass is 376 g/mol. The number of aliphatic hydroxyl groups excluding tert-OH is 1. The lowest BCUT2D eigenvalue weighted by Gasteiger charge is -2.26. The van der Waals surface area contributed by atoms with Crippen LogP contribution in [0.4, 0.5) is 5.69 Å². The van der Waals surface area contributed by atoms with Crippen LogP contribution in [0.15, 0.2) is 41.3 Å². The molecule has 0 saturated heterocycles. The summed E-state index contributed by atoms with van der Waals surface area (Å²) in [6.07, 6.45) is 0.192. The number of nitrogens with two attached hydrogens (primary N) is 1. The van der Waals surface area contributed by atoms with Gasteiger partial charge >= 0.3 is 0 Å². The molecule has 0 aliphatic carbocycles. The third-order valence-electron chi connectivity index (χ3n) is 4.86.